The summed E-state index contributed by atoms with van der Waals surface area (Å²) in [6.07, 6.45) is 9.56. The lowest BCUT2D eigenvalue weighted by Gasteiger charge is -2.32. The second-order valence-corrected chi connectivity index (χ2v) is 8.97. The van der Waals surface area contributed by atoms with Gasteiger partial charge in [-0.3, -0.25) is 9.59 Å². The molecule has 166 valence electrons. The molecule has 1 aliphatic carbocycles. The monoisotopic (exact) mass is 458 g/mol. The number of rotatable bonds is 5. The summed E-state index contributed by atoms with van der Waals surface area (Å²) in [6.45, 7) is 1.64. The van der Waals surface area contributed by atoms with Gasteiger partial charge in [-0.05, 0) is 48.8 Å². The first kappa shape index (κ1) is 22.4. The summed E-state index contributed by atoms with van der Waals surface area (Å²) >= 11 is 1.36. The van der Waals surface area contributed by atoms with Crippen LogP contribution in [0, 0.1) is 0 Å². The maximum atomic E-state index is 12.9. The minimum absolute atomic E-state index is 0.168. The van der Waals surface area contributed by atoms with Crippen molar-refractivity contribution in [1.29, 1.82) is 0 Å². The number of carboxylic acid groups (broad SMARTS) is 1. The highest BCUT2D eigenvalue weighted by Crippen LogP contribution is 2.44. The van der Waals surface area contributed by atoms with Gasteiger partial charge >= 0.3 is 5.97 Å². The number of carboxylic acids is 1. The number of carbonyl (C=O) groups is 3. The number of carbonyl (C=O) groups excluding carboxylic acids is 2. The van der Waals surface area contributed by atoms with Gasteiger partial charge in [-0.15, -0.1) is 0 Å². The van der Waals surface area contributed by atoms with Crippen LogP contribution in [0.1, 0.15) is 29.3 Å². The van der Waals surface area contributed by atoms with Crippen molar-refractivity contribution in [2.45, 2.75) is 23.7 Å². The minimum Gasteiger partial charge on any atom is -0.478 e. The quantitative estimate of drug-likeness (QED) is 0.569. The van der Waals surface area contributed by atoms with Gasteiger partial charge in [0.05, 0.1) is 16.2 Å². The number of nitrogens with two attached hydrogens (primary N) is 1. The number of anilines is 1. The number of thioether (sulfide) groups is 1. The lowest BCUT2D eigenvalue weighted by Crippen LogP contribution is -2.28. The lowest BCUT2D eigenvalue weighted by atomic mass is 9.72. The molecule has 4 rings (SSSR count). The average molecular weight is 459 g/mol. The number of aromatic carboxylic acids is 1. The highest BCUT2D eigenvalue weighted by atomic mass is 32.2. The molecule has 2 aromatic rings. The van der Waals surface area contributed by atoms with E-state index in [-0.39, 0.29) is 11.5 Å². The van der Waals surface area contributed by atoms with Crippen molar-refractivity contribution < 1.29 is 19.5 Å². The first-order valence-corrected chi connectivity index (χ1v) is 11.1. The number of nitrogens with one attached hydrogen (secondary N) is 1. The van der Waals surface area contributed by atoms with Crippen molar-refractivity contribution in [2.75, 3.05) is 5.32 Å². The topological polar surface area (TPSA) is 109 Å². The Kier molecular flexibility index (Phi) is 6.07. The highest BCUT2D eigenvalue weighted by Gasteiger charge is 2.34. The van der Waals surface area contributed by atoms with Gasteiger partial charge < -0.3 is 16.2 Å². The van der Waals surface area contributed by atoms with Gasteiger partial charge in [-0.2, -0.15) is 0 Å². The normalized spacial score (nSPS) is 21.2. The molecule has 0 fully saturated rings. The molecule has 0 aromatic heterocycles. The second-order valence-electron chi connectivity index (χ2n) is 7.89. The van der Waals surface area contributed by atoms with Gasteiger partial charge in [0, 0.05) is 15.9 Å². The largest absolute Gasteiger partial charge is 0.478 e. The SMILES string of the molecule is C/C(=C\C1=CCC(/C=C2/Sc3ccccc3NC2=O)(c2ccccc2C(=O)O)C=C1)C(N)=O. The van der Waals surface area contributed by atoms with E-state index in [2.05, 4.69) is 5.32 Å². The summed E-state index contributed by atoms with van der Waals surface area (Å²) in [5.74, 6) is -1.78. The molecule has 1 atom stereocenters. The van der Waals surface area contributed by atoms with Crippen LogP contribution in [0.2, 0.25) is 0 Å². The predicted octanol–water partition coefficient (Wildman–Crippen LogP) is 4.57. The highest BCUT2D eigenvalue weighted by molar-refractivity contribution is 8.04. The molecule has 1 heterocycles. The number of amides is 2. The number of primary amides is 1. The molecular formula is C26H22N2O4S. The number of fused-ring (bicyclic) bond motifs is 1. The van der Waals surface area contributed by atoms with E-state index in [4.69, 9.17) is 5.73 Å². The minimum atomic E-state index is -1.04. The first-order chi connectivity index (χ1) is 15.8. The number of allylic oxidation sites excluding steroid dienone is 6. The van der Waals surface area contributed by atoms with E-state index in [1.165, 1.54) is 11.8 Å². The predicted molar refractivity (Wildman–Crippen MR) is 129 cm³/mol. The maximum absolute atomic E-state index is 12.9. The Morgan fingerprint density at radius 2 is 1.88 bits per heavy atom. The summed E-state index contributed by atoms with van der Waals surface area (Å²) in [5, 5.41) is 12.7. The third kappa shape index (κ3) is 4.54. The smallest absolute Gasteiger partial charge is 0.336 e. The molecule has 2 amide bonds. The van der Waals surface area contributed by atoms with Gasteiger partial charge in [0.25, 0.3) is 5.91 Å². The summed E-state index contributed by atoms with van der Waals surface area (Å²) in [7, 11) is 0. The number of hydrogen-bond donors (Lipinski definition) is 3. The fraction of sp³-hybridized carbons (Fsp3) is 0.115. The van der Waals surface area contributed by atoms with Gasteiger partial charge in [-0.25, -0.2) is 4.79 Å². The van der Waals surface area contributed by atoms with Crippen LogP contribution in [-0.2, 0) is 15.0 Å². The zero-order valence-electron chi connectivity index (χ0n) is 17.9. The third-order valence-electron chi connectivity index (χ3n) is 5.65. The molecule has 0 radical (unpaired) electrons. The zero-order valence-corrected chi connectivity index (χ0v) is 18.7. The molecule has 1 aliphatic heterocycles. The Balaban J connectivity index is 1.82. The fourth-order valence-corrected chi connectivity index (χ4v) is 4.92. The van der Waals surface area contributed by atoms with E-state index in [1.807, 2.05) is 48.6 Å². The second kappa shape index (κ2) is 8.96. The average Bonchev–Trinajstić information content (AvgIpc) is 2.80. The molecule has 2 aromatic carbocycles. The van der Waals surface area contributed by atoms with Crippen LogP contribution < -0.4 is 11.1 Å². The molecule has 2 aliphatic rings. The van der Waals surface area contributed by atoms with Crippen LogP contribution in [0.25, 0.3) is 0 Å². The zero-order chi connectivity index (χ0) is 23.6. The summed E-state index contributed by atoms with van der Waals surface area (Å²) in [5.41, 5.74) is 7.19. The molecule has 0 saturated carbocycles. The van der Waals surface area contributed by atoms with Crippen molar-refractivity contribution in [1.82, 2.24) is 0 Å². The van der Waals surface area contributed by atoms with Crippen molar-refractivity contribution in [3.8, 4) is 0 Å². The van der Waals surface area contributed by atoms with E-state index in [9.17, 15) is 19.5 Å². The Labute approximate surface area is 195 Å². The molecule has 7 heteroatoms. The Morgan fingerprint density at radius 1 is 1.15 bits per heavy atom. The maximum Gasteiger partial charge on any atom is 0.336 e. The van der Waals surface area contributed by atoms with Gasteiger partial charge in [0.2, 0.25) is 5.91 Å². The van der Waals surface area contributed by atoms with Gasteiger partial charge in [0.15, 0.2) is 0 Å². The van der Waals surface area contributed by atoms with E-state index < -0.39 is 17.3 Å². The van der Waals surface area contributed by atoms with Crippen LogP contribution in [0.4, 0.5) is 5.69 Å². The third-order valence-corrected chi connectivity index (χ3v) is 6.75. The van der Waals surface area contributed by atoms with Crippen LogP contribution >= 0.6 is 11.8 Å². The molecule has 1 unspecified atom stereocenters. The van der Waals surface area contributed by atoms with Gasteiger partial charge in [0.1, 0.15) is 0 Å². The molecule has 4 N–H and O–H groups in total. The first-order valence-electron chi connectivity index (χ1n) is 10.3. The molecule has 0 bridgehead atoms. The molecule has 33 heavy (non-hydrogen) atoms. The van der Waals surface area contributed by atoms with E-state index >= 15 is 0 Å². The van der Waals surface area contributed by atoms with E-state index in [1.54, 1.807) is 37.3 Å². The van der Waals surface area contributed by atoms with Gasteiger partial charge in [-0.1, -0.05) is 66.4 Å². The number of benzene rings is 2. The van der Waals surface area contributed by atoms with Crippen LogP contribution in [0.15, 0.2) is 99.9 Å². The standard InChI is InChI=1S/C26H22N2O4S/c1-16(23(27)29)14-17-10-12-26(13-11-17,19-7-3-2-6-18(19)25(31)32)15-22-24(30)28-20-8-4-5-9-21(20)33-22/h2-12,14-15H,13H2,1H3,(H2,27,29)(H,28,30)(H,31,32)/b16-14+,22-15+. The Hall–Kier alpha value is -3.84. The van der Waals surface area contributed by atoms with Crippen molar-refractivity contribution in [2.24, 2.45) is 5.73 Å². The number of hydrogen-bond acceptors (Lipinski definition) is 4. The van der Waals surface area contributed by atoms with Crippen LogP contribution in [0.5, 0.6) is 0 Å². The summed E-state index contributed by atoms with van der Waals surface area (Å²) in [6, 6.07) is 14.3. The summed E-state index contributed by atoms with van der Waals surface area (Å²) in [4.78, 5) is 37.7. The summed E-state index contributed by atoms with van der Waals surface area (Å²) < 4.78 is 0. The van der Waals surface area contributed by atoms with E-state index in [0.717, 1.165) is 16.2 Å². The van der Waals surface area contributed by atoms with E-state index in [0.29, 0.717) is 22.5 Å². The van der Waals surface area contributed by atoms with Crippen molar-refractivity contribution >= 4 is 35.2 Å². The molecule has 0 spiro atoms. The Bertz CT molecular complexity index is 1290. The van der Waals surface area contributed by atoms with Crippen molar-refractivity contribution in [3.63, 3.8) is 0 Å². The lowest BCUT2D eigenvalue weighted by molar-refractivity contribution is -0.114. The number of para-hydroxylation sites is 1. The van der Waals surface area contributed by atoms with Crippen LogP contribution in [-0.4, -0.2) is 22.9 Å². The fourth-order valence-electron chi connectivity index (χ4n) is 3.89. The molecule has 0 saturated heterocycles. The van der Waals surface area contributed by atoms with Crippen molar-refractivity contribution in [3.05, 3.63) is 106 Å². The molecule has 6 nitrogen and oxygen atoms in total. The Morgan fingerprint density at radius 3 is 2.58 bits per heavy atom. The van der Waals surface area contributed by atoms with Crippen LogP contribution in [0.3, 0.4) is 0 Å². The molecular weight excluding hydrogens is 436 g/mol.